The summed E-state index contributed by atoms with van der Waals surface area (Å²) in [6.07, 6.45) is 1.52. The van der Waals surface area contributed by atoms with Gasteiger partial charge in [0.05, 0.1) is 29.6 Å². The zero-order chi connectivity index (χ0) is 19.8. The van der Waals surface area contributed by atoms with E-state index in [1.165, 1.54) is 30.1 Å². The van der Waals surface area contributed by atoms with E-state index in [0.717, 1.165) is 12.1 Å². The van der Waals surface area contributed by atoms with Crippen molar-refractivity contribution in [1.82, 2.24) is 14.8 Å². The molecule has 0 N–H and O–H groups in total. The summed E-state index contributed by atoms with van der Waals surface area (Å²) in [5, 5.41) is 5.37. The third-order valence-corrected chi connectivity index (χ3v) is 4.47. The molecule has 0 atom stereocenters. The van der Waals surface area contributed by atoms with Gasteiger partial charge in [0.1, 0.15) is 11.6 Å². The first-order chi connectivity index (χ1) is 13.5. The normalized spacial score (nSPS) is 11.0. The van der Waals surface area contributed by atoms with Gasteiger partial charge in [-0.15, -0.1) is 0 Å². The SMILES string of the molecule is COC(=O)c1cc(-c2c(F)cccc2F)n(-c2ccnc3cc(Cl)ccc23)n1. The fraction of sp³-hybridized carbons (Fsp3) is 0.0500. The molecule has 0 aliphatic rings. The fourth-order valence-electron chi connectivity index (χ4n) is 2.98. The number of nitrogens with zero attached hydrogens (tertiary/aromatic N) is 3. The van der Waals surface area contributed by atoms with Gasteiger partial charge in [0.2, 0.25) is 0 Å². The van der Waals surface area contributed by atoms with Gasteiger partial charge < -0.3 is 4.74 Å². The van der Waals surface area contributed by atoms with Crippen LogP contribution in [-0.2, 0) is 4.74 Å². The zero-order valence-corrected chi connectivity index (χ0v) is 15.2. The van der Waals surface area contributed by atoms with E-state index in [4.69, 9.17) is 16.3 Å². The van der Waals surface area contributed by atoms with Gasteiger partial charge in [-0.25, -0.2) is 18.3 Å². The van der Waals surface area contributed by atoms with E-state index >= 15 is 0 Å². The Hall–Kier alpha value is -3.32. The maximum absolute atomic E-state index is 14.5. The lowest BCUT2D eigenvalue weighted by atomic mass is 10.1. The van der Waals surface area contributed by atoms with Crippen LogP contribution in [0.2, 0.25) is 5.02 Å². The average Bonchev–Trinajstić information content (AvgIpc) is 3.11. The summed E-state index contributed by atoms with van der Waals surface area (Å²) < 4.78 is 34.9. The van der Waals surface area contributed by atoms with Crippen molar-refractivity contribution >= 4 is 28.5 Å². The van der Waals surface area contributed by atoms with Crippen molar-refractivity contribution in [3.63, 3.8) is 0 Å². The Kier molecular flexibility index (Phi) is 4.52. The monoisotopic (exact) mass is 399 g/mol. The highest BCUT2D eigenvalue weighted by Gasteiger charge is 2.22. The summed E-state index contributed by atoms with van der Waals surface area (Å²) in [5.41, 5.74) is 0.733. The van der Waals surface area contributed by atoms with Crippen molar-refractivity contribution in [3.05, 3.63) is 77.1 Å². The number of hydrogen-bond acceptors (Lipinski definition) is 4. The summed E-state index contributed by atoms with van der Waals surface area (Å²) in [5.74, 6) is -2.28. The predicted molar refractivity (Wildman–Crippen MR) is 101 cm³/mol. The number of methoxy groups -OCH3 is 1. The van der Waals surface area contributed by atoms with E-state index in [-0.39, 0.29) is 17.0 Å². The number of rotatable bonds is 3. The molecule has 0 fully saturated rings. The Balaban J connectivity index is 2.05. The third kappa shape index (κ3) is 2.99. The van der Waals surface area contributed by atoms with Gasteiger partial charge in [0.15, 0.2) is 5.69 Å². The molecule has 0 saturated carbocycles. The van der Waals surface area contributed by atoms with Gasteiger partial charge in [0.25, 0.3) is 0 Å². The molecule has 0 aliphatic heterocycles. The number of benzene rings is 2. The molecule has 4 rings (SSSR count). The molecular weight excluding hydrogens is 388 g/mol. The number of carbonyl (C=O) groups is 1. The Morgan fingerprint density at radius 1 is 1.11 bits per heavy atom. The predicted octanol–water partition coefficient (Wildman–Crippen LogP) is 4.81. The summed E-state index contributed by atoms with van der Waals surface area (Å²) in [7, 11) is 1.20. The lowest BCUT2D eigenvalue weighted by Gasteiger charge is -2.11. The Bertz CT molecular complexity index is 1200. The van der Waals surface area contributed by atoms with E-state index in [9.17, 15) is 13.6 Å². The van der Waals surface area contributed by atoms with E-state index in [1.807, 2.05) is 0 Å². The average molecular weight is 400 g/mol. The minimum atomic E-state index is -0.779. The van der Waals surface area contributed by atoms with Crippen molar-refractivity contribution in [1.29, 1.82) is 0 Å². The molecule has 2 aromatic heterocycles. The van der Waals surface area contributed by atoms with Crippen molar-refractivity contribution in [2.75, 3.05) is 7.11 Å². The van der Waals surface area contributed by atoms with Crippen LogP contribution in [0, 0.1) is 11.6 Å². The van der Waals surface area contributed by atoms with Gasteiger partial charge in [-0.1, -0.05) is 17.7 Å². The van der Waals surface area contributed by atoms with Gasteiger partial charge in [-0.2, -0.15) is 5.10 Å². The number of pyridine rings is 1. The molecule has 4 aromatic rings. The number of halogens is 3. The van der Waals surface area contributed by atoms with Crippen LogP contribution in [0.1, 0.15) is 10.5 Å². The molecule has 0 unspecified atom stereocenters. The molecule has 0 saturated heterocycles. The first-order valence-corrected chi connectivity index (χ1v) is 8.55. The Morgan fingerprint density at radius 3 is 2.57 bits per heavy atom. The maximum Gasteiger partial charge on any atom is 0.358 e. The number of ether oxygens (including phenoxy) is 1. The minimum absolute atomic E-state index is 0.0680. The number of carbonyl (C=O) groups excluding carboxylic acids is 1. The highest BCUT2D eigenvalue weighted by molar-refractivity contribution is 6.31. The molecule has 5 nitrogen and oxygen atoms in total. The molecule has 0 radical (unpaired) electrons. The lowest BCUT2D eigenvalue weighted by Crippen LogP contribution is -2.06. The van der Waals surface area contributed by atoms with Gasteiger partial charge >= 0.3 is 5.97 Å². The maximum atomic E-state index is 14.5. The van der Waals surface area contributed by atoms with Crippen molar-refractivity contribution in [2.45, 2.75) is 0 Å². The van der Waals surface area contributed by atoms with Crippen LogP contribution in [0.4, 0.5) is 8.78 Å². The minimum Gasteiger partial charge on any atom is -0.464 e. The lowest BCUT2D eigenvalue weighted by molar-refractivity contribution is 0.0593. The molecule has 8 heteroatoms. The highest BCUT2D eigenvalue weighted by atomic mass is 35.5. The van der Waals surface area contributed by atoms with Crippen LogP contribution in [0.5, 0.6) is 0 Å². The molecule has 0 spiro atoms. The fourth-order valence-corrected chi connectivity index (χ4v) is 3.15. The van der Waals surface area contributed by atoms with Crippen LogP contribution >= 0.6 is 11.6 Å². The van der Waals surface area contributed by atoms with Crippen LogP contribution < -0.4 is 0 Å². The van der Waals surface area contributed by atoms with Crippen molar-refractivity contribution < 1.29 is 18.3 Å². The van der Waals surface area contributed by atoms with Crippen LogP contribution in [0.3, 0.4) is 0 Å². The van der Waals surface area contributed by atoms with Crippen molar-refractivity contribution in [3.8, 4) is 16.9 Å². The molecule has 2 aromatic carbocycles. The second-order valence-corrected chi connectivity index (χ2v) is 6.34. The second-order valence-electron chi connectivity index (χ2n) is 5.91. The summed E-state index contributed by atoms with van der Waals surface area (Å²) in [6, 6.07) is 11.5. The third-order valence-electron chi connectivity index (χ3n) is 4.23. The molecule has 140 valence electrons. The molecular formula is C20H12ClF2N3O2. The van der Waals surface area contributed by atoms with Gasteiger partial charge in [-0.3, -0.25) is 4.98 Å². The number of fused-ring (bicyclic) bond motifs is 1. The van der Waals surface area contributed by atoms with Crippen LogP contribution in [0.15, 0.2) is 54.7 Å². The smallest absolute Gasteiger partial charge is 0.358 e. The molecule has 0 amide bonds. The van der Waals surface area contributed by atoms with E-state index in [2.05, 4.69) is 10.1 Å². The van der Waals surface area contributed by atoms with E-state index in [1.54, 1.807) is 24.3 Å². The first-order valence-electron chi connectivity index (χ1n) is 8.17. The number of esters is 1. The largest absolute Gasteiger partial charge is 0.464 e. The summed E-state index contributed by atoms with van der Waals surface area (Å²) in [6.45, 7) is 0. The Morgan fingerprint density at radius 2 is 1.86 bits per heavy atom. The molecule has 0 bridgehead atoms. The quantitative estimate of drug-likeness (QED) is 0.464. The van der Waals surface area contributed by atoms with E-state index in [0.29, 0.717) is 21.6 Å². The number of aromatic nitrogens is 3. The standard InChI is InChI=1S/C20H12ClF2N3O2/c1-28-20(27)16-10-18(19-13(22)3-2-4-14(19)23)26(25-16)17-7-8-24-15-9-11(21)5-6-12(15)17/h2-10H,1H3. The molecule has 0 aliphatic carbocycles. The van der Waals surface area contributed by atoms with E-state index < -0.39 is 17.6 Å². The zero-order valence-electron chi connectivity index (χ0n) is 14.5. The second kappa shape index (κ2) is 7.01. The number of hydrogen-bond donors (Lipinski definition) is 0. The van der Waals surface area contributed by atoms with Crippen LogP contribution in [-0.4, -0.2) is 27.8 Å². The van der Waals surface area contributed by atoms with Crippen LogP contribution in [0.25, 0.3) is 27.8 Å². The topological polar surface area (TPSA) is 57.0 Å². The summed E-state index contributed by atoms with van der Waals surface area (Å²) >= 11 is 6.03. The summed E-state index contributed by atoms with van der Waals surface area (Å²) in [4.78, 5) is 16.3. The van der Waals surface area contributed by atoms with Crippen molar-refractivity contribution in [2.24, 2.45) is 0 Å². The molecule has 28 heavy (non-hydrogen) atoms. The Labute approximate surface area is 163 Å². The first kappa shape index (κ1) is 18.1. The highest BCUT2D eigenvalue weighted by Crippen LogP contribution is 2.32. The molecule has 2 heterocycles. The van der Waals surface area contributed by atoms with Gasteiger partial charge in [0, 0.05) is 16.6 Å². The van der Waals surface area contributed by atoms with Gasteiger partial charge in [-0.05, 0) is 42.5 Å².